The zero-order chi connectivity index (χ0) is 12.0. The van der Waals surface area contributed by atoms with Crippen LogP contribution in [0.1, 0.15) is 29.5 Å². The topological polar surface area (TPSA) is 9.23 Å². The van der Waals surface area contributed by atoms with Crippen LogP contribution in [0.5, 0.6) is 0 Å². The summed E-state index contributed by atoms with van der Waals surface area (Å²) < 4.78 is 6.40. The number of hydrogen-bond acceptors (Lipinski definition) is 1. The molecule has 1 fully saturated rings. The van der Waals surface area contributed by atoms with Crippen molar-refractivity contribution < 1.29 is 4.74 Å². The minimum Gasteiger partial charge on any atom is -0.362 e. The lowest BCUT2D eigenvalue weighted by Crippen LogP contribution is -2.33. The highest BCUT2D eigenvalue weighted by Gasteiger charge is 2.47. The van der Waals surface area contributed by atoms with Crippen molar-refractivity contribution in [1.82, 2.24) is 0 Å². The third-order valence-electron chi connectivity index (χ3n) is 4.33. The van der Waals surface area contributed by atoms with Crippen LogP contribution in [0.3, 0.4) is 0 Å². The van der Waals surface area contributed by atoms with Gasteiger partial charge in [0.15, 0.2) is 0 Å². The van der Waals surface area contributed by atoms with E-state index in [-0.39, 0.29) is 5.60 Å². The van der Waals surface area contributed by atoms with Crippen molar-refractivity contribution >= 4 is 0 Å². The molecule has 0 amide bonds. The van der Waals surface area contributed by atoms with Gasteiger partial charge in [-0.2, -0.15) is 0 Å². The van der Waals surface area contributed by atoms with Crippen LogP contribution in [0.25, 0.3) is 0 Å². The van der Waals surface area contributed by atoms with Crippen LogP contribution >= 0.6 is 0 Å². The lowest BCUT2D eigenvalue weighted by molar-refractivity contribution is -0.0281. The van der Waals surface area contributed by atoms with Crippen molar-refractivity contribution in [3.63, 3.8) is 0 Å². The minimum atomic E-state index is -0.180. The van der Waals surface area contributed by atoms with Crippen LogP contribution in [-0.2, 0) is 16.8 Å². The van der Waals surface area contributed by atoms with Crippen LogP contribution < -0.4 is 0 Å². The molecule has 2 atom stereocenters. The molecule has 0 N–H and O–H groups in total. The quantitative estimate of drug-likeness (QED) is 0.734. The molecule has 1 nitrogen and oxygen atoms in total. The Morgan fingerprint density at radius 2 is 1.72 bits per heavy atom. The molecule has 2 aromatic rings. The second-order valence-electron chi connectivity index (χ2n) is 5.33. The summed E-state index contributed by atoms with van der Waals surface area (Å²) >= 11 is 0. The maximum absolute atomic E-state index is 6.40. The monoisotopic (exact) mass is 236 g/mol. The first-order chi connectivity index (χ1) is 8.88. The first-order valence-corrected chi connectivity index (χ1v) is 6.70. The van der Waals surface area contributed by atoms with E-state index in [1.54, 1.807) is 0 Å². The second kappa shape index (κ2) is 3.69. The fourth-order valence-corrected chi connectivity index (χ4v) is 3.52. The van der Waals surface area contributed by atoms with Crippen LogP contribution in [0.4, 0.5) is 0 Å². The number of fused-ring (bicyclic) bond motifs is 4. The number of rotatable bonds is 1. The molecule has 2 bridgehead atoms. The highest BCUT2D eigenvalue weighted by Crippen LogP contribution is 2.50. The molecule has 0 aliphatic carbocycles. The van der Waals surface area contributed by atoms with Gasteiger partial charge in [0.1, 0.15) is 5.60 Å². The molecule has 18 heavy (non-hydrogen) atoms. The van der Waals surface area contributed by atoms with Gasteiger partial charge in [-0.3, -0.25) is 0 Å². The molecule has 4 rings (SSSR count). The van der Waals surface area contributed by atoms with Crippen molar-refractivity contribution in [3.05, 3.63) is 71.3 Å². The third-order valence-corrected chi connectivity index (χ3v) is 4.33. The van der Waals surface area contributed by atoms with Crippen molar-refractivity contribution in [3.8, 4) is 0 Å². The van der Waals surface area contributed by atoms with Crippen molar-refractivity contribution in [1.29, 1.82) is 0 Å². The van der Waals surface area contributed by atoms with E-state index >= 15 is 0 Å². The van der Waals surface area contributed by atoms with Crippen LogP contribution in [0.15, 0.2) is 54.6 Å². The summed E-state index contributed by atoms with van der Waals surface area (Å²) in [5.74, 6) is 0. The average Bonchev–Trinajstić information content (AvgIpc) is 2.80. The normalized spacial score (nSPS) is 29.0. The summed E-state index contributed by atoms with van der Waals surface area (Å²) in [6.07, 6.45) is 3.76. The zero-order valence-corrected chi connectivity index (χ0v) is 10.3. The average molecular weight is 236 g/mol. The van der Waals surface area contributed by atoms with Gasteiger partial charge in [0.2, 0.25) is 0 Å². The number of ether oxygens (including phenoxy) is 1. The Labute approximate surface area is 107 Å². The summed E-state index contributed by atoms with van der Waals surface area (Å²) in [6.45, 7) is 0. The van der Waals surface area contributed by atoms with E-state index < -0.39 is 0 Å². The molecule has 2 aromatic carbocycles. The predicted octanol–water partition coefficient (Wildman–Crippen LogP) is 3.67. The molecular formula is C17H16O. The molecular weight excluding hydrogens is 220 g/mol. The maximum Gasteiger partial charge on any atom is 0.119 e. The third kappa shape index (κ3) is 1.31. The fourth-order valence-electron chi connectivity index (χ4n) is 3.52. The largest absolute Gasteiger partial charge is 0.362 e. The van der Waals surface area contributed by atoms with Gasteiger partial charge in [0.05, 0.1) is 6.10 Å². The highest BCUT2D eigenvalue weighted by atomic mass is 16.5. The van der Waals surface area contributed by atoms with Gasteiger partial charge < -0.3 is 4.74 Å². The van der Waals surface area contributed by atoms with E-state index in [0.29, 0.717) is 6.10 Å². The van der Waals surface area contributed by atoms with Gasteiger partial charge in [-0.1, -0.05) is 54.6 Å². The summed E-state index contributed by atoms with van der Waals surface area (Å²) in [7, 11) is 0. The Kier molecular flexibility index (Phi) is 2.12. The van der Waals surface area contributed by atoms with Crippen LogP contribution in [0, 0.1) is 0 Å². The molecule has 90 valence electrons. The summed E-state index contributed by atoms with van der Waals surface area (Å²) in [4.78, 5) is 0. The zero-order valence-electron chi connectivity index (χ0n) is 10.3. The molecule has 1 heteroatoms. The van der Waals surface area contributed by atoms with Gasteiger partial charge in [0.25, 0.3) is 0 Å². The van der Waals surface area contributed by atoms with Gasteiger partial charge >= 0.3 is 0 Å². The summed E-state index contributed by atoms with van der Waals surface area (Å²) in [6, 6.07) is 19.5. The SMILES string of the molecule is c1ccc([C@@]23CC[C@@H](Cc4ccccc42)O3)cc1. The molecule has 0 spiro atoms. The molecule has 0 aromatic heterocycles. The molecule has 2 heterocycles. The van der Waals surface area contributed by atoms with Gasteiger partial charge in [0, 0.05) is 0 Å². The van der Waals surface area contributed by atoms with E-state index in [9.17, 15) is 0 Å². The van der Waals surface area contributed by atoms with Crippen LogP contribution in [-0.4, -0.2) is 6.10 Å². The van der Waals surface area contributed by atoms with E-state index in [1.807, 2.05) is 0 Å². The predicted molar refractivity (Wildman–Crippen MR) is 71.5 cm³/mol. The molecule has 2 aliphatic heterocycles. The molecule has 0 unspecified atom stereocenters. The molecule has 1 saturated heterocycles. The van der Waals surface area contributed by atoms with E-state index in [2.05, 4.69) is 54.6 Å². The molecule has 2 aliphatic rings. The number of benzene rings is 2. The van der Waals surface area contributed by atoms with Crippen molar-refractivity contribution in [2.24, 2.45) is 0 Å². The lowest BCUT2D eigenvalue weighted by Gasteiger charge is -2.36. The van der Waals surface area contributed by atoms with Crippen molar-refractivity contribution in [2.75, 3.05) is 0 Å². The first kappa shape index (κ1) is 10.3. The van der Waals surface area contributed by atoms with E-state index in [0.717, 1.165) is 12.8 Å². The van der Waals surface area contributed by atoms with Crippen molar-refractivity contribution in [2.45, 2.75) is 31.0 Å². The highest BCUT2D eigenvalue weighted by molar-refractivity contribution is 5.44. The fraction of sp³-hybridized carbons (Fsp3) is 0.294. The van der Waals surface area contributed by atoms with E-state index in [4.69, 9.17) is 4.74 Å². The second-order valence-corrected chi connectivity index (χ2v) is 5.33. The Bertz CT molecular complexity index is 575. The Hall–Kier alpha value is -1.60. The van der Waals surface area contributed by atoms with E-state index in [1.165, 1.54) is 23.1 Å². The summed E-state index contributed by atoms with van der Waals surface area (Å²) in [5.41, 5.74) is 3.97. The smallest absolute Gasteiger partial charge is 0.119 e. The first-order valence-electron chi connectivity index (χ1n) is 6.70. The van der Waals surface area contributed by atoms with Crippen LogP contribution in [0.2, 0.25) is 0 Å². The Morgan fingerprint density at radius 3 is 2.61 bits per heavy atom. The van der Waals surface area contributed by atoms with Gasteiger partial charge in [-0.05, 0) is 36.0 Å². The maximum atomic E-state index is 6.40. The standard InChI is InChI=1S/C17H16O/c1-2-7-14(8-3-1)17-11-10-15(18-17)12-13-6-4-5-9-16(13)17/h1-9,15H,10-12H2/t15-,17-/m0/s1. The van der Waals surface area contributed by atoms with Gasteiger partial charge in [-0.25, -0.2) is 0 Å². The lowest BCUT2D eigenvalue weighted by atomic mass is 9.81. The van der Waals surface area contributed by atoms with Gasteiger partial charge in [-0.15, -0.1) is 0 Å². The molecule has 0 radical (unpaired) electrons. The number of hydrogen-bond donors (Lipinski definition) is 0. The minimum absolute atomic E-state index is 0.180. The Balaban J connectivity index is 1.95. The Morgan fingerprint density at radius 1 is 0.944 bits per heavy atom. The molecule has 0 saturated carbocycles. The summed E-state index contributed by atoms with van der Waals surface area (Å²) in [5, 5.41) is 0.